The number of guanidine groups is 1. The van der Waals surface area contributed by atoms with Crippen LogP contribution in [0.4, 0.5) is 0 Å². The number of hydrogen-bond donors (Lipinski definition) is 3. The van der Waals surface area contributed by atoms with E-state index >= 15 is 0 Å². The van der Waals surface area contributed by atoms with Crippen molar-refractivity contribution in [3.8, 4) is 0 Å². The van der Waals surface area contributed by atoms with Crippen molar-refractivity contribution in [2.45, 2.75) is 64.5 Å². The summed E-state index contributed by atoms with van der Waals surface area (Å²) in [5, 5.41) is 11.0. The molecule has 0 aliphatic rings. The first-order valence-corrected chi connectivity index (χ1v) is 7.83. The van der Waals surface area contributed by atoms with Crippen molar-refractivity contribution >= 4 is 5.96 Å². The average molecular weight is 291 g/mol. The van der Waals surface area contributed by atoms with Crippen LogP contribution in [0.25, 0.3) is 0 Å². The molecule has 2 unspecified atom stereocenters. The Kier molecular flexibility index (Phi) is 6.69. The summed E-state index contributed by atoms with van der Waals surface area (Å²) in [5.74, 6) is 0.241. The fourth-order valence-electron chi connectivity index (χ4n) is 3.05. The van der Waals surface area contributed by atoms with E-state index < -0.39 is 5.60 Å². The third-order valence-electron chi connectivity index (χ3n) is 4.15. The quantitative estimate of drug-likeness (QED) is 0.508. The van der Waals surface area contributed by atoms with Crippen LogP contribution in [0.3, 0.4) is 0 Å². The average Bonchev–Trinajstić information content (AvgIpc) is 2.46. The molecule has 0 spiro atoms. The summed E-state index contributed by atoms with van der Waals surface area (Å²) in [4.78, 5) is 4.05. The Balaban J connectivity index is 3.05. The van der Waals surface area contributed by atoms with Crippen LogP contribution in [0.2, 0.25) is 0 Å². The molecular weight excluding hydrogens is 262 g/mol. The molecule has 4 nitrogen and oxygen atoms in total. The zero-order valence-electron chi connectivity index (χ0n) is 13.5. The van der Waals surface area contributed by atoms with Crippen LogP contribution < -0.4 is 11.5 Å². The Morgan fingerprint density at radius 1 is 1.29 bits per heavy atom. The maximum atomic E-state index is 11.0. The maximum absolute atomic E-state index is 11.0. The molecule has 0 amide bonds. The normalized spacial score (nSPS) is 15.2. The summed E-state index contributed by atoms with van der Waals surface area (Å²) in [6, 6.07) is 8.21. The van der Waals surface area contributed by atoms with Crippen molar-refractivity contribution in [2.75, 3.05) is 0 Å². The molecule has 1 aromatic carbocycles. The number of benzene rings is 1. The summed E-state index contributed by atoms with van der Waals surface area (Å²) in [6.07, 6.45) is 3.47. The number of nitrogens with two attached hydrogens (primary N) is 2. The number of rotatable bonds is 8. The highest BCUT2D eigenvalue weighted by atomic mass is 16.3. The Hall–Kier alpha value is -1.55. The first-order valence-electron chi connectivity index (χ1n) is 7.83. The van der Waals surface area contributed by atoms with E-state index in [0.717, 1.165) is 31.2 Å². The van der Waals surface area contributed by atoms with Crippen molar-refractivity contribution in [2.24, 2.45) is 16.5 Å². The van der Waals surface area contributed by atoms with E-state index in [2.05, 4.69) is 37.9 Å². The molecule has 2 atom stereocenters. The molecule has 0 aliphatic heterocycles. The van der Waals surface area contributed by atoms with Gasteiger partial charge in [-0.3, -0.25) is 0 Å². The van der Waals surface area contributed by atoms with Gasteiger partial charge in [-0.2, -0.15) is 0 Å². The van der Waals surface area contributed by atoms with Crippen molar-refractivity contribution in [1.82, 2.24) is 0 Å². The largest absolute Gasteiger partial charge is 0.389 e. The summed E-state index contributed by atoms with van der Waals surface area (Å²) < 4.78 is 0. The molecule has 0 saturated carbocycles. The van der Waals surface area contributed by atoms with Crippen LogP contribution in [0.15, 0.2) is 29.3 Å². The highest BCUT2D eigenvalue weighted by Crippen LogP contribution is 2.37. The molecule has 1 aromatic rings. The van der Waals surface area contributed by atoms with Crippen molar-refractivity contribution < 1.29 is 5.11 Å². The molecule has 0 fully saturated rings. The van der Waals surface area contributed by atoms with Crippen LogP contribution in [0.5, 0.6) is 0 Å². The summed E-state index contributed by atoms with van der Waals surface area (Å²) in [7, 11) is 0. The lowest BCUT2D eigenvalue weighted by molar-refractivity contribution is -0.00239. The van der Waals surface area contributed by atoms with E-state index in [-0.39, 0.29) is 11.9 Å². The first kappa shape index (κ1) is 17.5. The van der Waals surface area contributed by atoms with E-state index in [1.165, 1.54) is 5.56 Å². The second-order valence-corrected chi connectivity index (χ2v) is 5.65. The van der Waals surface area contributed by atoms with Gasteiger partial charge in [0.1, 0.15) is 0 Å². The van der Waals surface area contributed by atoms with Crippen LogP contribution in [0.1, 0.15) is 63.5 Å². The maximum Gasteiger partial charge on any atom is 0.186 e. The van der Waals surface area contributed by atoms with Crippen LogP contribution in [-0.2, 0) is 6.54 Å². The first-order chi connectivity index (χ1) is 9.96. The fourth-order valence-corrected chi connectivity index (χ4v) is 3.05. The molecule has 4 heteroatoms. The predicted molar refractivity (Wildman–Crippen MR) is 89.1 cm³/mol. The highest BCUT2D eigenvalue weighted by Gasteiger charge is 2.33. The van der Waals surface area contributed by atoms with Gasteiger partial charge in [0.2, 0.25) is 0 Å². The van der Waals surface area contributed by atoms with E-state index in [0.29, 0.717) is 6.54 Å². The van der Waals surface area contributed by atoms with E-state index in [1.807, 2.05) is 12.1 Å². The molecule has 0 aliphatic carbocycles. The Morgan fingerprint density at radius 2 is 2.00 bits per heavy atom. The molecule has 0 radical (unpaired) electrons. The smallest absolute Gasteiger partial charge is 0.186 e. The van der Waals surface area contributed by atoms with Gasteiger partial charge in [0, 0.05) is 5.92 Å². The standard InChI is InChI=1S/C17H29N3O/c1-4-10-17(21,6-3)15(5-2)14-9-7-8-13(11-14)12-20-16(18)19/h7-9,11,15,21H,4-6,10,12H2,1-3H3,(H4,18,19,20). The minimum atomic E-state index is -0.641. The molecule has 0 heterocycles. The zero-order chi connectivity index (χ0) is 15.9. The van der Waals surface area contributed by atoms with Crippen molar-refractivity contribution in [3.05, 3.63) is 35.4 Å². The van der Waals surface area contributed by atoms with E-state index in [1.54, 1.807) is 0 Å². The molecule has 0 saturated heterocycles. The number of nitrogens with zero attached hydrogens (tertiary/aromatic N) is 1. The summed E-state index contributed by atoms with van der Waals surface area (Å²) in [6.45, 7) is 6.78. The second kappa shape index (κ2) is 8.03. The van der Waals surface area contributed by atoms with Crippen LogP contribution in [-0.4, -0.2) is 16.7 Å². The topological polar surface area (TPSA) is 84.6 Å². The third-order valence-corrected chi connectivity index (χ3v) is 4.15. The van der Waals surface area contributed by atoms with Gasteiger partial charge in [-0.1, -0.05) is 51.5 Å². The van der Waals surface area contributed by atoms with Crippen LogP contribution in [0, 0.1) is 0 Å². The molecule has 5 N–H and O–H groups in total. The summed E-state index contributed by atoms with van der Waals surface area (Å²) in [5.41, 5.74) is 12.4. The van der Waals surface area contributed by atoms with Crippen LogP contribution >= 0.6 is 0 Å². The van der Waals surface area contributed by atoms with Crippen molar-refractivity contribution in [3.63, 3.8) is 0 Å². The highest BCUT2D eigenvalue weighted by molar-refractivity contribution is 5.75. The molecule has 21 heavy (non-hydrogen) atoms. The Bertz CT molecular complexity index is 469. The van der Waals surface area contributed by atoms with Gasteiger partial charge in [0.15, 0.2) is 5.96 Å². The van der Waals surface area contributed by atoms with Gasteiger partial charge in [0.05, 0.1) is 12.1 Å². The van der Waals surface area contributed by atoms with Gasteiger partial charge in [0.25, 0.3) is 0 Å². The lowest BCUT2D eigenvalue weighted by atomic mass is 9.76. The minimum Gasteiger partial charge on any atom is -0.389 e. The van der Waals surface area contributed by atoms with E-state index in [4.69, 9.17) is 11.5 Å². The monoisotopic (exact) mass is 291 g/mol. The SMILES string of the molecule is CCCC(O)(CC)C(CC)c1cccc(CN=C(N)N)c1. The summed E-state index contributed by atoms with van der Waals surface area (Å²) >= 11 is 0. The molecule has 1 rings (SSSR count). The number of hydrogen-bond acceptors (Lipinski definition) is 2. The molecule has 118 valence electrons. The zero-order valence-corrected chi connectivity index (χ0v) is 13.5. The lowest BCUT2D eigenvalue weighted by Gasteiger charge is -2.35. The molecule has 0 aromatic heterocycles. The van der Waals surface area contributed by atoms with Crippen molar-refractivity contribution in [1.29, 1.82) is 0 Å². The molecular formula is C17H29N3O. The number of aliphatic imine (C=N–C) groups is 1. The number of aliphatic hydroxyl groups is 1. The van der Waals surface area contributed by atoms with Gasteiger partial charge in [-0.05, 0) is 30.4 Å². The van der Waals surface area contributed by atoms with Gasteiger partial charge in [-0.25, -0.2) is 4.99 Å². The Labute approximate surface area is 128 Å². The Morgan fingerprint density at radius 3 is 2.52 bits per heavy atom. The minimum absolute atomic E-state index is 0.100. The predicted octanol–water partition coefficient (Wildman–Crippen LogP) is 2.89. The lowest BCUT2D eigenvalue weighted by Crippen LogP contribution is -2.35. The second-order valence-electron chi connectivity index (χ2n) is 5.65. The fraction of sp³-hybridized carbons (Fsp3) is 0.588. The van der Waals surface area contributed by atoms with Gasteiger partial charge in [-0.15, -0.1) is 0 Å². The van der Waals surface area contributed by atoms with E-state index in [9.17, 15) is 5.11 Å². The van der Waals surface area contributed by atoms with Gasteiger partial charge >= 0.3 is 0 Å². The molecule has 0 bridgehead atoms. The van der Waals surface area contributed by atoms with Gasteiger partial charge < -0.3 is 16.6 Å². The third kappa shape index (κ3) is 4.74.